The average molecular weight is 429 g/mol. The van der Waals surface area contributed by atoms with E-state index in [-0.39, 0.29) is 18.4 Å². The summed E-state index contributed by atoms with van der Waals surface area (Å²) in [5.41, 5.74) is 4.65. The van der Waals surface area contributed by atoms with Crippen LogP contribution in [0.3, 0.4) is 0 Å². The third-order valence-electron chi connectivity index (χ3n) is 6.43. The monoisotopic (exact) mass is 428 g/mol. The number of carbonyl (C=O) groups is 2. The van der Waals surface area contributed by atoms with E-state index < -0.39 is 6.10 Å². The van der Waals surface area contributed by atoms with E-state index in [1.165, 1.54) is 18.2 Å². The lowest BCUT2D eigenvalue weighted by Gasteiger charge is -2.35. The van der Waals surface area contributed by atoms with E-state index in [1.807, 2.05) is 22.9 Å². The zero-order chi connectivity index (χ0) is 22.5. The van der Waals surface area contributed by atoms with E-state index in [2.05, 4.69) is 36.2 Å². The lowest BCUT2D eigenvalue weighted by molar-refractivity contribution is -0.123. The number of fused-ring (bicyclic) bond motifs is 1. The van der Waals surface area contributed by atoms with Crippen LogP contribution in [-0.2, 0) is 16.1 Å². The Labute approximate surface area is 182 Å². The van der Waals surface area contributed by atoms with Gasteiger partial charge in [-0.15, -0.1) is 0 Å². The number of amides is 1. The summed E-state index contributed by atoms with van der Waals surface area (Å²) in [6, 6.07) is 10.1. The standard InChI is InChI=1S/C22H30N4O2.CH2O2/c1-14-20(15(2)26(24-14)19-7-5-4-6-8-19)13-25-11-17-9-21(23-16(3)27)22(28)10-18(17)12-25;2-1-3/h4-8,17-18,21-22,28H,9-13H2,1-3H3,(H,23,27);1H,(H,2,3)/t17-,18+,21-,22-;/m1./s1. The van der Waals surface area contributed by atoms with Gasteiger partial charge in [0.05, 0.1) is 23.5 Å². The van der Waals surface area contributed by atoms with Gasteiger partial charge in [-0.3, -0.25) is 14.5 Å². The first-order valence-corrected chi connectivity index (χ1v) is 10.7. The van der Waals surface area contributed by atoms with Gasteiger partial charge in [0, 0.05) is 37.8 Å². The number of nitrogens with one attached hydrogen (secondary N) is 1. The van der Waals surface area contributed by atoms with Gasteiger partial charge in [-0.25, -0.2) is 4.68 Å². The minimum atomic E-state index is -0.436. The molecule has 1 aromatic carbocycles. The van der Waals surface area contributed by atoms with Crippen LogP contribution in [-0.4, -0.2) is 62.5 Å². The fourth-order valence-electron chi connectivity index (χ4n) is 5.02. The molecule has 0 unspecified atom stereocenters. The second-order valence-electron chi connectivity index (χ2n) is 8.56. The molecule has 2 aliphatic rings. The number of likely N-dealkylation sites (tertiary alicyclic amines) is 1. The molecule has 0 radical (unpaired) electrons. The third kappa shape index (κ3) is 5.32. The molecule has 1 saturated carbocycles. The summed E-state index contributed by atoms with van der Waals surface area (Å²) in [7, 11) is 0. The summed E-state index contributed by atoms with van der Waals surface area (Å²) in [6.45, 7) is 8.41. The summed E-state index contributed by atoms with van der Waals surface area (Å²) in [6.07, 6.45) is 1.20. The van der Waals surface area contributed by atoms with E-state index in [0.717, 1.165) is 43.9 Å². The topological polar surface area (TPSA) is 108 Å². The number of aromatic nitrogens is 2. The predicted molar refractivity (Wildman–Crippen MR) is 117 cm³/mol. The molecule has 0 spiro atoms. The van der Waals surface area contributed by atoms with Gasteiger partial charge in [-0.2, -0.15) is 5.10 Å². The first kappa shape index (κ1) is 23.0. The fourth-order valence-corrected chi connectivity index (χ4v) is 5.02. The number of carbonyl (C=O) groups excluding carboxylic acids is 1. The maximum absolute atomic E-state index is 11.4. The number of carboxylic acid groups (broad SMARTS) is 1. The van der Waals surface area contributed by atoms with Gasteiger partial charge in [-0.05, 0) is 50.7 Å². The Morgan fingerprint density at radius 1 is 1.19 bits per heavy atom. The number of rotatable bonds is 4. The smallest absolute Gasteiger partial charge is 0.290 e. The third-order valence-corrected chi connectivity index (χ3v) is 6.43. The van der Waals surface area contributed by atoms with Crippen molar-refractivity contribution in [2.75, 3.05) is 13.1 Å². The highest BCUT2D eigenvalue weighted by atomic mass is 16.3. The van der Waals surface area contributed by atoms with E-state index in [0.29, 0.717) is 11.8 Å². The van der Waals surface area contributed by atoms with Crippen molar-refractivity contribution in [1.29, 1.82) is 0 Å². The maximum Gasteiger partial charge on any atom is 0.290 e. The number of para-hydroxylation sites is 1. The second kappa shape index (κ2) is 10.1. The Morgan fingerprint density at radius 3 is 2.42 bits per heavy atom. The molecule has 4 atom stereocenters. The summed E-state index contributed by atoms with van der Waals surface area (Å²) in [5, 5.41) is 25.0. The van der Waals surface area contributed by atoms with Crippen LogP contribution in [0.2, 0.25) is 0 Å². The number of aliphatic hydroxyl groups excluding tert-OH is 1. The normalized spacial score (nSPS) is 25.3. The number of aliphatic hydroxyl groups is 1. The van der Waals surface area contributed by atoms with Crippen LogP contribution >= 0.6 is 0 Å². The highest BCUT2D eigenvalue weighted by molar-refractivity contribution is 5.73. The number of nitrogens with zero attached hydrogens (tertiary/aromatic N) is 3. The van der Waals surface area contributed by atoms with Gasteiger partial charge >= 0.3 is 0 Å². The van der Waals surface area contributed by atoms with Gasteiger partial charge in [0.25, 0.3) is 6.47 Å². The van der Waals surface area contributed by atoms with E-state index >= 15 is 0 Å². The molecule has 31 heavy (non-hydrogen) atoms. The van der Waals surface area contributed by atoms with Gasteiger partial charge in [0.2, 0.25) is 5.91 Å². The van der Waals surface area contributed by atoms with Crippen LogP contribution in [0.25, 0.3) is 5.69 Å². The molecule has 1 aliphatic carbocycles. The van der Waals surface area contributed by atoms with E-state index in [1.54, 1.807) is 0 Å². The quantitative estimate of drug-likeness (QED) is 0.642. The molecular formula is C23H32N4O4. The highest BCUT2D eigenvalue weighted by Crippen LogP contribution is 2.37. The summed E-state index contributed by atoms with van der Waals surface area (Å²) >= 11 is 0. The average Bonchev–Trinajstić information content (AvgIpc) is 3.24. The molecule has 1 aliphatic heterocycles. The predicted octanol–water partition coefficient (Wildman–Crippen LogP) is 1.90. The summed E-state index contributed by atoms with van der Waals surface area (Å²) in [5.74, 6) is 0.978. The Balaban J connectivity index is 0.000000858. The molecule has 2 aromatic rings. The van der Waals surface area contributed by atoms with Crippen molar-refractivity contribution in [3.8, 4) is 5.69 Å². The maximum atomic E-state index is 11.4. The van der Waals surface area contributed by atoms with E-state index in [4.69, 9.17) is 15.0 Å². The number of hydrogen-bond donors (Lipinski definition) is 3. The van der Waals surface area contributed by atoms with Crippen molar-refractivity contribution in [1.82, 2.24) is 20.0 Å². The molecule has 1 saturated heterocycles. The number of aryl methyl sites for hydroxylation is 1. The Hall–Kier alpha value is -2.71. The molecule has 3 N–H and O–H groups in total. The minimum absolute atomic E-state index is 0.0584. The van der Waals surface area contributed by atoms with Gasteiger partial charge < -0.3 is 15.5 Å². The van der Waals surface area contributed by atoms with Crippen molar-refractivity contribution in [3.63, 3.8) is 0 Å². The van der Waals surface area contributed by atoms with E-state index in [9.17, 15) is 9.90 Å². The lowest BCUT2D eigenvalue weighted by Crippen LogP contribution is -2.48. The molecule has 8 nitrogen and oxygen atoms in total. The van der Waals surface area contributed by atoms with Gasteiger partial charge in [-0.1, -0.05) is 18.2 Å². The summed E-state index contributed by atoms with van der Waals surface area (Å²) in [4.78, 5) is 22.3. The molecule has 1 aromatic heterocycles. The molecule has 0 bridgehead atoms. The Bertz CT molecular complexity index is 898. The van der Waals surface area contributed by atoms with Crippen LogP contribution in [0.4, 0.5) is 0 Å². The largest absolute Gasteiger partial charge is 0.483 e. The SMILES string of the molecule is CC(=O)N[C@@H]1C[C@@H]2CN(Cc3c(C)nn(-c4ccccc4)c3C)C[C@@H]2C[C@H]1O.O=CO. The lowest BCUT2D eigenvalue weighted by atomic mass is 9.77. The first-order chi connectivity index (χ1) is 14.8. The van der Waals surface area contributed by atoms with Crippen LogP contribution in [0.5, 0.6) is 0 Å². The van der Waals surface area contributed by atoms with Crippen molar-refractivity contribution in [2.24, 2.45) is 11.8 Å². The molecular weight excluding hydrogens is 396 g/mol. The van der Waals surface area contributed by atoms with Crippen molar-refractivity contribution < 1.29 is 19.8 Å². The zero-order valence-corrected chi connectivity index (χ0v) is 18.4. The fraction of sp³-hybridized carbons (Fsp3) is 0.522. The first-order valence-electron chi connectivity index (χ1n) is 10.7. The van der Waals surface area contributed by atoms with Crippen LogP contribution < -0.4 is 5.32 Å². The van der Waals surface area contributed by atoms with Crippen molar-refractivity contribution in [3.05, 3.63) is 47.3 Å². The Kier molecular flexibility index (Phi) is 7.46. The minimum Gasteiger partial charge on any atom is -0.483 e. The number of hydrogen-bond acceptors (Lipinski definition) is 5. The molecule has 2 fully saturated rings. The van der Waals surface area contributed by atoms with Crippen LogP contribution in [0.15, 0.2) is 30.3 Å². The van der Waals surface area contributed by atoms with Gasteiger partial charge in [0.1, 0.15) is 0 Å². The van der Waals surface area contributed by atoms with Crippen LogP contribution in [0.1, 0.15) is 36.7 Å². The molecule has 2 heterocycles. The zero-order valence-electron chi connectivity index (χ0n) is 18.4. The van der Waals surface area contributed by atoms with Crippen molar-refractivity contribution >= 4 is 12.4 Å². The van der Waals surface area contributed by atoms with Gasteiger partial charge in [0.15, 0.2) is 0 Å². The van der Waals surface area contributed by atoms with Crippen molar-refractivity contribution in [2.45, 2.75) is 52.3 Å². The highest BCUT2D eigenvalue weighted by Gasteiger charge is 2.42. The second-order valence-corrected chi connectivity index (χ2v) is 8.56. The molecule has 168 valence electrons. The Morgan fingerprint density at radius 2 is 1.81 bits per heavy atom. The number of benzene rings is 1. The summed E-state index contributed by atoms with van der Waals surface area (Å²) < 4.78 is 2.03. The molecule has 4 rings (SSSR count). The van der Waals surface area contributed by atoms with Crippen LogP contribution in [0, 0.1) is 25.7 Å². The molecule has 1 amide bonds. The molecule has 8 heteroatoms.